The Morgan fingerprint density at radius 1 is 1.45 bits per heavy atom. The third kappa shape index (κ3) is 6.36. The summed E-state index contributed by atoms with van der Waals surface area (Å²) in [7, 11) is 1.82. The third-order valence-corrected chi connectivity index (χ3v) is 4.56. The zero-order valence-electron chi connectivity index (χ0n) is 13.0. The van der Waals surface area contributed by atoms with E-state index in [1.54, 1.807) is 4.90 Å². The van der Waals surface area contributed by atoms with Gasteiger partial charge < -0.3 is 9.84 Å². The molecular formula is C16H24N2O3S. The van der Waals surface area contributed by atoms with Crippen LogP contribution in [-0.2, 0) is 9.53 Å². The molecule has 2 rings (SSSR count). The van der Waals surface area contributed by atoms with Gasteiger partial charge in [-0.25, -0.2) is 0 Å². The average Bonchev–Trinajstić information content (AvgIpc) is 2.48. The fourth-order valence-electron chi connectivity index (χ4n) is 2.55. The largest absolute Gasteiger partial charge is 0.480 e. The minimum Gasteiger partial charge on any atom is -0.480 e. The van der Waals surface area contributed by atoms with Gasteiger partial charge >= 0.3 is 5.97 Å². The van der Waals surface area contributed by atoms with Crippen LogP contribution in [0.1, 0.15) is 0 Å². The van der Waals surface area contributed by atoms with E-state index in [1.165, 1.54) is 4.90 Å². The summed E-state index contributed by atoms with van der Waals surface area (Å²) in [4.78, 5) is 16.2. The van der Waals surface area contributed by atoms with Crippen molar-refractivity contribution in [2.24, 2.45) is 0 Å². The molecule has 1 aliphatic rings. The van der Waals surface area contributed by atoms with Crippen molar-refractivity contribution < 1.29 is 14.6 Å². The summed E-state index contributed by atoms with van der Waals surface area (Å²) in [5.41, 5.74) is 0. The molecule has 0 aromatic heterocycles. The highest BCUT2D eigenvalue weighted by Crippen LogP contribution is 2.17. The minimum atomic E-state index is -0.797. The van der Waals surface area contributed by atoms with Gasteiger partial charge in [-0.15, -0.1) is 11.8 Å². The van der Waals surface area contributed by atoms with Crippen molar-refractivity contribution in [3.05, 3.63) is 30.3 Å². The minimum absolute atomic E-state index is 0.0592. The predicted octanol–water partition coefficient (Wildman–Crippen LogP) is 1.50. The summed E-state index contributed by atoms with van der Waals surface area (Å²) in [6.07, 6.45) is 0.0971. The van der Waals surface area contributed by atoms with Gasteiger partial charge in [0.2, 0.25) is 0 Å². The molecule has 0 aliphatic carbocycles. The molecule has 1 aromatic carbocycles. The molecule has 1 saturated heterocycles. The SMILES string of the molecule is CN(CC(=O)O)CC1CN(CCSc2ccccc2)CCO1. The molecule has 6 heteroatoms. The molecule has 1 unspecified atom stereocenters. The number of carboxylic acids is 1. The van der Waals surface area contributed by atoms with E-state index >= 15 is 0 Å². The van der Waals surface area contributed by atoms with Crippen LogP contribution in [0, 0.1) is 0 Å². The van der Waals surface area contributed by atoms with Crippen molar-refractivity contribution in [3.8, 4) is 0 Å². The number of carbonyl (C=O) groups is 1. The fourth-order valence-corrected chi connectivity index (χ4v) is 3.48. The van der Waals surface area contributed by atoms with Crippen molar-refractivity contribution in [3.63, 3.8) is 0 Å². The van der Waals surface area contributed by atoms with Crippen LogP contribution in [0.3, 0.4) is 0 Å². The van der Waals surface area contributed by atoms with Crippen LogP contribution in [0.2, 0.25) is 0 Å². The lowest BCUT2D eigenvalue weighted by atomic mass is 10.2. The number of likely N-dealkylation sites (N-methyl/N-ethyl adjacent to an activating group) is 1. The Labute approximate surface area is 136 Å². The van der Waals surface area contributed by atoms with Crippen LogP contribution in [0.5, 0.6) is 0 Å². The van der Waals surface area contributed by atoms with Gasteiger partial charge in [0.25, 0.3) is 0 Å². The van der Waals surface area contributed by atoms with Crippen LogP contribution < -0.4 is 0 Å². The first-order valence-corrected chi connectivity index (χ1v) is 8.54. The number of hydrogen-bond acceptors (Lipinski definition) is 5. The highest BCUT2D eigenvalue weighted by Gasteiger charge is 2.22. The number of aliphatic carboxylic acids is 1. The number of hydrogen-bond donors (Lipinski definition) is 1. The lowest BCUT2D eigenvalue weighted by Gasteiger charge is -2.34. The molecule has 0 saturated carbocycles. The zero-order chi connectivity index (χ0) is 15.8. The maximum Gasteiger partial charge on any atom is 0.317 e. The zero-order valence-corrected chi connectivity index (χ0v) is 13.8. The summed E-state index contributed by atoms with van der Waals surface area (Å²) < 4.78 is 5.74. The van der Waals surface area contributed by atoms with Crippen LogP contribution >= 0.6 is 11.8 Å². The Hall–Kier alpha value is -1.08. The monoisotopic (exact) mass is 324 g/mol. The van der Waals surface area contributed by atoms with Crippen LogP contribution in [0.4, 0.5) is 0 Å². The van der Waals surface area contributed by atoms with Gasteiger partial charge in [0.1, 0.15) is 0 Å². The van der Waals surface area contributed by atoms with E-state index in [-0.39, 0.29) is 12.6 Å². The van der Waals surface area contributed by atoms with Crippen molar-refractivity contribution in [1.82, 2.24) is 9.80 Å². The first-order valence-electron chi connectivity index (χ1n) is 7.55. The second kappa shape index (κ2) is 9.15. The van der Waals surface area contributed by atoms with Crippen LogP contribution in [0.25, 0.3) is 0 Å². The molecule has 1 aromatic rings. The molecular weight excluding hydrogens is 300 g/mol. The Kier molecular flexibility index (Phi) is 7.18. The molecule has 22 heavy (non-hydrogen) atoms. The Bertz CT molecular complexity index is 458. The van der Waals surface area contributed by atoms with Gasteiger partial charge in [0.05, 0.1) is 19.3 Å². The highest BCUT2D eigenvalue weighted by molar-refractivity contribution is 7.99. The fraction of sp³-hybridized carbons (Fsp3) is 0.562. The summed E-state index contributed by atoms with van der Waals surface area (Å²) in [5, 5.41) is 8.79. The Balaban J connectivity index is 1.68. The molecule has 0 spiro atoms. The van der Waals surface area contributed by atoms with Gasteiger partial charge in [-0.3, -0.25) is 14.6 Å². The average molecular weight is 324 g/mol. The number of morpholine rings is 1. The van der Waals surface area contributed by atoms with Gasteiger partial charge in [0.15, 0.2) is 0 Å². The summed E-state index contributed by atoms with van der Waals surface area (Å²) >= 11 is 1.87. The van der Waals surface area contributed by atoms with Gasteiger partial charge in [-0.05, 0) is 19.2 Å². The summed E-state index contributed by atoms with van der Waals surface area (Å²) in [6, 6.07) is 10.4. The number of carboxylic acid groups (broad SMARTS) is 1. The molecule has 1 atom stereocenters. The van der Waals surface area contributed by atoms with E-state index in [0.29, 0.717) is 6.54 Å². The van der Waals surface area contributed by atoms with E-state index in [9.17, 15) is 4.79 Å². The number of nitrogens with zero attached hydrogens (tertiary/aromatic N) is 2. The Morgan fingerprint density at radius 3 is 2.95 bits per heavy atom. The van der Waals surface area contributed by atoms with Crippen molar-refractivity contribution in [1.29, 1.82) is 0 Å². The number of benzene rings is 1. The maximum absolute atomic E-state index is 10.7. The summed E-state index contributed by atoms with van der Waals surface area (Å²) in [5.74, 6) is 0.260. The maximum atomic E-state index is 10.7. The van der Waals surface area contributed by atoms with E-state index < -0.39 is 5.97 Å². The number of rotatable bonds is 8. The first kappa shape index (κ1) is 17.3. The molecule has 0 radical (unpaired) electrons. The molecule has 1 aliphatic heterocycles. The predicted molar refractivity (Wildman–Crippen MR) is 88.5 cm³/mol. The lowest BCUT2D eigenvalue weighted by Crippen LogP contribution is -2.48. The van der Waals surface area contributed by atoms with Gasteiger partial charge in [-0.2, -0.15) is 0 Å². The first-order chi connectivity index (χ1) is 10.6. The molecule has 0 amide bonds. The smallest absolute Gasteiger partial charge is 0.317 e. The second-order valence-electron chi connectivity index (χ2n) is 5.55. The standard InChI is InChI=1S/C16H24N2O3S/c1-17(13-16(19)20)11-14-12-18(7-9-21-14)8-10-22-15-5-3-2-4-6-15/h2-6,14H,7-13H2,1H3,(H,19,20). The van der Waals surface area contributed by atoms with Crippen molar-refractivity contribution in [2.45, 2.75) is 11.0 Å². The molecule has 0 bridgehead atoms. The van der Waals surface area contributed by atoms with E-state index in [1.807, 2.05) is 24.9 Å². The van der Waals surface area contributed by atoms with E-state index in [0.717, 1.165) is 32.0 Å². The quantitative estimate of drug-likeness (QED) is 0.731. The van der Waals surface area contributed by atoms with Gasteiger partial charge in [0, 0.05) is 36.8 Å². The van der Waals surface area contributed by atoms with Gasteiger partial charge in [-0.1, -0.05) is 18.2 Å². The molecule has 1 heterocycles. The molecule has 1 N–H and O–H groups in total. The topological polar surface area (TPSA) is 53.0 Å². The molecule has 1 fully saturated rings. The summed E-state index contributed by atoms with van der Waals surface area (Å²) in [6.45, 7) is 4.30. The number of thioether (sulfide) groups is 1. The van der Waals surface area contributed by atoms with Crippen molar-refractivity contribution >= 4 is 17.7 Å². The van der Waals surface area contributed by atoms with E-state index in [4.69, 9.17) is 9.84 Å². The molecule has 5 nitrogen and oxygen atoms in total. The highest BCUT2D eigenvalue weighted by atomic mass is 32.2. The van der Waals surface area contributed by atoms with Crippen molar-refractivity contribution in [2.75, 3.05) is 52.1 Å². The van der Waals surface area contributed by atoms with Crippen LogP contribution in [0.15, 0.2) is 35.2 Å². The van der Waals surface area contributed by atoms with E-state index in [2.05, 4.69) is 29.2 Å². The molecule has 122 valence electrons. The number of ether oxygens (including phenoxy) is 1. The lowest BCUT2D eigenvalue weighted by molar-refractivity contribution is -0.138. The van der Waals surface area contributed by atoms with Crippen LogP contribution in [-0.4, -0.2) is 79.1 Å². The Morgan fingerprint density at radius 2 is 2.23 bits per heavy atom. The second-order valence-corrected chi connectivity index (χ2v) is 6.71. The normalized spacial score (nSPS) is 19.5. The third-order valence-electron chi connectivity index (χ3n) is 3.56.